The summed E-state index contributed by atoms with van der Waals surface area (Å²) in [4.78, 5) is 28.0. The molecule has 2 aliphatic heterocycles. The van der Waals surface area contributed by atoms with Crippen LogP contribution < -0.4 is 10.0 Å². The predicted octanol–water partition coefficient (Wildman–Crippen LogP) is -0.292. The van der Waals surface area contributed by atoms with Gasteiger partial charge in [-0.2, -0.15) is 4.99 Å². The van der Waals surface area contributed by atoms with Gasteiger partial charge < -0.3 is 19.5 Å². The summed E-state index contributed by atoms with van der Waals surface area (Å²) < 4.78 is 28.6. The average Bonchev–Trinajstić information content (AvgIpc) is 2.99. The molecule has 2 saturated heterocycles. The number of hydrogen-bond donors (Lipinski definition) is 0. The van der Waals surface area contributed by atoms with Crippen molar-refractivity contribution in [1.29, 1.82) is 0 Å². The van der Waals surface area contributed by atoms with E-state index in [1.165, 1.54) is 11.8 Å². The van der Waals surface area contributed by atoms with Crippen molar-refractivity contribution in [2.24, 2.45) is 4.99 Å². The summed E-state index contributed by atoms with van der Waals surface area (Å²) in [6.07, 6.45) is 0. The predicted molar refractivity (Wildman–Crippen MR) is 96.0 cm³/mol. The first kappa shape index (κ1) is 19.2. The Bertz CT molecular complexity index is 855. The zero-order valence-corrected chi connectivity index (χ0v) is 15.7. The molecule has 0 aliphatic carbocycles. The van der Waals surface area contributed by atoms with Crippen LogP contribution in [0.5, 0.6) is 0 Å². The molecule has 2 aliphatic rings. The highest BCUT2D eigenvalue weighted by Gasteiger charge is 2.49. The molecule has 0 spiro atoms. The maximum atomic E-state index is 12.0. The summed E-state index contributed by atoms with van der Waals surface area (Å²) in [7, 11) is -3.16. The number of thioether (sulfide) groups is 1. The average molecular weight is 418 g/mol. The number of nitrogens with zero attached hydrogens (tertiary/aromatic N) is 2. The first-order chi connectivity index (χ1) is 12.2. The van der Waals surface area contributed by atoms with Crippen LogP contribution in [-0.2, 0) is 24.2 Å². The number of carbonyl (C=O) groups excluding carboxylic acids is 2. The molecule has 2 atom stereocenters. The van der Waals surface area contributed by atoms with E-state index in [1.54, 1.807) is 29.2 Å². The summed E-state index contributed by atoms with van der Waals surface area (Å²) in [6, 6.07) is 6.45. The molecule has 11 heteroatoms. The smallest absolute Gasteiger partial charge is 0.274 e. The SMILES string of the molecule is O=C([O-])COCC(=O)N=C1SC2CS(=O)(=O)CC2N1c1ccc(Cl)cc1. The van der Waals surface area contributed by atoms with Gasteiger partial charge in [-0.3, -0.25) is 4.79 Å². The lowest BCUT2D eigenvalue weighted by Gasteiger charge is -2.24. The Balaban J connectivity index is 1.84. The number of carbonyl (C=O) groups is 2. The summed E-state index contributed by atoms with van der Waals surface area (Å²) >= 11 is 7.12. The molecule has 0 radical (unpaired) electrons. The third-order valence-corrected chi connectivity index (χ3v) is 7.30. The summed E-state index contributed by atoms with van der Waals surface area (Å²) in [5.41, 5.74) is 0.675. The van der Waals surface area contributed by atoms with E-state index >= 15 is 0 Å². The van der Waals surface area contributed by atoms with Gasteiger partial charge in [-0.15, -0.1) is 0 Å². The van der Waals surface area contributed by atoms with Crippen LogP contribution in [0.4, 0.5) is 5.69 Å². The number of halogens is 1. The molecule has 0 aromatic heterocycles. The van der Waals surface area contributed by atoms with E-state index in [9.17, 15) is 23.1 Å². The molecular formula is C15H14ClN2O6S2-. The highest BCUT2D eigenvalue weighted by molar-refractivity contribution is 8.16. The second kappa shape index (κ2) is 7.55. The van der Waals surface area contributed by atoms with Crippen LogP contribution in [0.3, 0.4) is 0 Å². The van der Waals surface area contributed by atoms with Gasteiger partial charge in [0.1, 0.15) is 6.61 Å². The van der Waals surface area contributed by atoms with Crippen LogP contribution in [0.15, 0.2) is 29.3 Å². The molecule has 3 rings (SSSR count). The highest BCUT2D eigenvalue weighted by atomic mass is 35.5. The van der Waals surface area contributed by atoms with Gasteiger partial charge in [0.25, 0.3) is 5.91 Å². The van der Waals surface area contributed by atoms with Crippen LogP contribution in [0.25, 0.3) is 0 Å². The second-order valence-electron chi connectivity index (χ2n) is 5.80. The van der Waals surface area contributed by atoms with Crippen molar-refractivity contribution in [2.45, 2.75) is 11.3 Å². The van der Waals surface area contributed by atoms with E-state index in [0.717, 1.165) is 0 Å². The first-order valence-corrected chi connectivity index (χ1v) is 10.6. The fourth-order valence-corrected chi connectivity index (χ4v) is 6.89. The van der Waals surface area contributed by atoms with Crippen molar-refractivity contribution >= 4 is 55.9 Å². The molecule has 0 N–H and O–H groups in total. The Morgan fingerprint density at radius 3 is 2.62 bits per heavy atom. The van der Waals surface area contributed by atoms with Gasteiger partial charge in [0.05, 0.1) is 30.1 Å². The molecule has 140 valence electrons. The number of amides is 1. The number of carboxylic acids is 1. The molecule has 26 heavy (non-hydrogen) atoms. The molecule has 1 aromatic carbocycles. The van der Waals surface area contributed by atoms with E-state index < -0.39 is 34.9 Å². The molecule has 1 amide bonds. The molecular weight excluding hydrogens is 404 g/mol. The number of fused-ring (bicyclic) bond motifs is 1. The fraction of sp³-hybridized carbons (Fsp3) is 0.400. The van der Waals surface area contributed by atoms with E-state index in [0.29, 0.717) is 15.9 Å². The third-order valence-electron chi connectivity index (χ3n) is 3.84. The van der Waals surface area contributed by atoms with E-state index in [-0.39, 0.29) is 22.8 Å². The van der Waals surface area contributed by atoms with Crippen LogP contribution in [-0.4, -0.2) is 61.5 Å². The number of ether oxygens (including phenoxy) is 1. The van der Waals surface area contributed by atoms with Gasteiger partial charge in [-0.25, -0.2) is 8.42 Å². The third kappa shape index (κ3) is 4.37. The topological polar surface area (TPSA) is 116 Å². The molecule has 2 fully saturated rings. The highest BCUT2D eigenvalue weighted by Crippen LogP contribution is 2.41. The number of amidine groups is 1. The van der Waals surface area contributed by atoms with Crippen molar-refractivity contribution in [3.63, 3.8) is 0 Å². The fourth-order valence-electron chi connectivity index (χ4n) is 2.83. The number of sulfone groups is 1. The number of aliphatic carboxylic acids is 1. The normalized spacial score (nSPS) is 25.4. The minimum absolute atomic E-state index is 0.0147. The van der Waals surface area contributed by atoms with Gasteiger partial charge in [0.15, 0.2) is 15.0 Å². The lowest BCUT2D eigenvalue weighted by Crippen LogP contribution is -2.37. The second-order valence-corrected chi connectivity index (χ2v) is 9.60. The molecule has 8 nitrogen and oxygen atoms in total. The summed E-state index contributed by atoms with van der Waals surface area (Å²) in [5.74, 6) is -2.10. The largest absolute Gasteiger partial charge is 0.548 e. The molecule has 0 bridgehead atoms. The maximum absolute atomic E-state index is 12.0. The molecule has 0 saturated carbocycles. The zero-order valence-electron chi connectivity index (χ0n) is 13.3. The Morgan fingerprint density at radius 1 is 1.27 bits per heavy atom. The number of hydrogen-bond acceptors (Lipinski definition) is 7. The summed E-state index contributed by atoms with van der Waals surface area (Å²) in [5, 5.41) is 11.0. The first-order valence-electron chi connectivity index (χ1n) is 7.56. The van der Waals surface area contributed by atoms with Crippen LogP contribution in [0, 0.1) is 0 Å². The number of rotatable bonds is 5. The minimum atomic E-state index is -3.16. The molecule has 2 unspecified atom stereocenters. The standard InChI is InChI=1S/C15H15ClN2O6S2/c16-9-1-3-10(4-2-9)18-11-7-26(22,23)8-12(11)25-15(18)17-13(19)5-24-6-14(20)21/h1-4,11-12H,5-8H2,(H,20,21)/p-1. The Kier molecular flexibility index (Phi) is 5.56. The Hall–Kier alpha value is -1.62. The molecule has 1 aromatic rings. The van der Waals surface area contributed by atoms with Crippen molar-refractivity contribution in [2.75, 3.05) is 29.6 Å². The quantitative estimate of drug-likeness (QED) is 0.641. The summed E-state index contributed by atoms with van der Waals surface area (Å²) in [6.45, 7) is -1.20. The number of benzene rings is 1. The number of carboxylic acid groups (broad SMARTS) is 1. The van der Waals surface area contributed by atoms with Gasteiger partial charge in [0, 0.05) is 16.0 Å². The van der Waals surface area contributed by atoms with Crippen LogP contribution in [0.2, 0.25) is 5.02 Å². The van der Waals surface area contributed by atoms with Gasteiger partial charge in [0.2, 0.25) is 0 Å². The Morgan fingerprint density at radius 2 is 1.96 bits per heavy atom. The van der Waals surface area contributed by atoms with Crippen LogP contribution >= 0.6 is 23.4 Å². The van der Waals surface area contributed by atoms with Gasteiger partial charge in [-0.1, -0.05) is 23.4 Å². The van der Waals surface area contributed by atoms with Crippen LogP contribution in [0.1, 0.15) is 0 Å². The van der Waals surface area contributed by atoms with Crippen molar-refractivity contribution < 1.29 is 27.9 Å². The zero-order chi connectivity index (χ0) is 18.9. The monoisotopic (exact) mass is 417 g/mol. The Labute approximate surface area is 159 Å². The minimum Gasteiger partial charge on any atom is -0.548 e. The van der Waals surface area contributed by atoms with Crippen molar-refractivity contribution in [1.82, 2.24) is 0 Å². The van der Waals surface area contributed by atoms with Crippen molar-refractivity contribution in [3.8, 4) is 0 Å². The van der Waals surface area contributed by atoms with E-state index in [2.05, 4.69) is 4.99 Å². The van der Waals surface area contributed by atoms with Gasteiger partial charge >= 0.3 is 0 Å². The van der Waals surface area contributed by atoms with E-state index in [4.69, 9.17) is 16.3 Å². The molecule has 2 heterocycles. The number of anilines is 1. The van der Waals surface area contributed by atoms with Crippen molar-refractivity contribution in [3.05, 3.63) is 29.3 Å². The van der Waals surface area contributed by atoms with E-state index in [1.807, 2.05) is 0 Å². The lowest BCUT2D eigenvalue weighted by atomic mass is 10.2. The van der Waals surface area contributed by atoms with Gasteiger partial charge in [-0.05, 0) is 24.3 Å². The maximum Gasteiger partial charge on any atom is 0.274 e. The number of aliphatic imine (C=N–C) groups is 1. The lowest BCUT2D eigenvalue weighted by molar-refractivity contribution is -0.309.